The number of aromatic nitrogens is 2. The first kappa shape index (κ1) is 23.9. The lowest BCUT2D eigenvalue weighted by Gasteiger charge is -2.43. The van der Waals surface area contributed by atoms with Crippen molar-refractivity contribution in [3.8, 4) is 5.75 Å². The molecule has 3 aliphatic rings. The fourth-order valence-corrected chi connectivity index (χ4v) is 5.02. The number of carboxylic acid groups (broad SMARTS) is 1. The van der Waals surface area contributed by atoms with Crippen molar-refractivity contribution in [1.82, 2.24) is 20.0 Å². The molecule has 2 bridgehead atoms. The van der Waals surface area contributed by atoms with E-state index in [1.165, 1.54) is 10.7 Å². The maximum absolute atomic E-state index is 13.0. The predicted molar refractivity (Wildman–Crippen MR) is 132 cm³/mol. The summed E-state index contributed by atoms with van der Waals surface area (Å²) in [4.78, 5) is 26.5. The SMILES string of the molecule is Cn1nc(C(=O)O)cc1COc1cccc(C(NC(=O)O[C@H]2CN3CCC2CC3)c2ccccc2)c1. The number of ether oxygens (including phenoxy) is 2. The van der Waals surface area contributed by atoms with Gasteiger partial charge < -0.3 is 19.9 Å². The largest absolute Gasteiger partial charge is 0.487 e. The van der Waals surface area contributed by atoms with Crippen LogP contribution in [0, 0.1) is 5.92 Å². The molecule has 2 aromatic carbocycles. The van der Waals surface area contributed by atoms with Crippen LogP contribution < -0.4 is 10.1 Å². The zero-order valence-electron chi connectivity index (χ0n) is 20.2. The van der Waals surface area contributed by atoms with Gasteiger partial charge >= 0.3 is 12.1 Å². The van der Waals surface area contributed by atoms with Crippen LogP contribution in [0.4, 0.5) is 4.79 Å². The highest BCUT2D eigenvalue weighted by molar-refractivity contribution is 5.85. The van der Waals surface area contributed by atoms with Gasteiger partial charge in [-0.05, 0) is 61.2 Å². The van der Waals surface area contributed by atoms with E-state index < -0.39 is 18.1 Å². The summed E-state index contributed by atoms with van der Waals surface area (Å²) in [5.41, 5.74) is 2.38. The van der Waals surface area contributed by atoms with E-state index in [9.17, 15) is 9.59 Å². The molecule has 1 aromatic heterocycles. The van der Waals surface area contributed by atoms with Crippen molar-refractivity contribution < 1.29 is 24.2 Å². The van der Waals surface area contributed by atoms with E-state index in [-0.39, 0.29) is 18.4 Å². The third-order valence-electron chi connectivity index (χ3n) is 7.02. The number of alkyl carbamates (subject to hydrolysis) is 1. The average Bonchev–Trinajstić information content (AvgIpc) is 3.28. The molecule has 3 saturated heterocycles. The first-order chi connectivity index (χ1) is 17.5. The molecule has 1 amide bonds. The first-order valence-electron chi connectivity index (χ1n) is 12.2. The fourth-order valence-electron chi connectivity index (χ4n) is 5.02. The number of hydrogen-bond donors (Lipinski definition) is 2. The minimum atomic E-state index is -1.08. The van der Waals surface area contributed by atoms with Crippen molar-refractivity contribution in [2.45, 2.75) is 31.6 Å². The van der Waals surface area contributed by atoms with Gasteiger partial charge in [0.25, 0.3) is 0 Å². The van der Waals surface area contributed by atoms with E-state index in [1.807, 2.05) is 54.6 Å². The molecule has 6 rings (SSSR count). The molecule has 3 aliphatic heterocycles. The van der Waals surface area contributed by atoms with Gasteiger partial charge in [0.05, 0.1) is 11.7 Å². The zero-order chi connectivity index (χ0) is 25.1. The molecule has 4 heterocycles. The Bertz CT molecular complexity index is 1220. The molecule has 3 aromatic rings. The Labute approximate surface area is 209 Å². The van der Waals surface area contributed by atoms with Crippen LogP contribution in [0.15, 0.2) is 60.7 Å². The third kappa shape index (κ3) is 5.36. The molecular formula is C27H30N4O5. The molecule has 36 heavy (non-hydrogen) atoms. The summed E-state index contributed by atoms with van der Waals surface area (Å²) in [6.07, 6.45) is 1.65. The van der Waals surface area contributed by atoms with Crippen molar-refractivity contribution in [3.05, 3.63) is 83.2 Å². The predicted octanol–water partition coefficient (Wildman–Crippen LogP) is 3.61. The zero-order valence-corrected chi connectivity index (χ0v) is 20.2. The van der Waals surface area contributed by atoms with Crippen LogP contribution in [-0.2, 0) is 18.4 Å². The summed E-state index contributed by atoms with van der Waals surface area (Å²) >= 11 is 0. The number of benzene rings is 2. The van der Waals surface area contributed by atoms with E-state index in [4.69, 9.17) is 14.6 Å². The van der Waals surface area contributed by atoms with Crippen LogP contribution in [0.25, 0.3) is 0 Å². The fraction of sp³-hybridized carbons (Fsp3) is 0.370. The normalized spacial score (nSPS) is 21.5. The lowest BCUT2D eigenvalue weighted by molar-refractivity contribution is -0.0336. The Morgan fingerprint density at radius 2 is 1.83 bits per heavy atom. The molecule has 188 valence electrons. The number of nitrogens with zero attached hydrogens (tertiary/aromatic N) is 3. The van der Waals surface area contributed by atoms with Gasteiger partial charge in [-0.1, -0.05) is 42.5 Å². The minimum Gasteiger partial charge on any atom is -0.487 e. The molecule has 0 aliphatic carbocycles. The standard InChI is InChI=1S/C27H30N4O5/c1-30-21(15-23(29-30)26(32)33)17-35-22-9-5-8-20(14-22)25(19-6-3-2-4-7-19)28-27(34)36-24-16-31-12-10-18(24)11-13-31/h2-9,14-15,18,24-25H,10-13,16-17H2,1H3,(H,28,34)(H,32,33)/t24-,25?/m0/s1. The first-order valence-corrected chi connectivity index (χ1v) is 12.2. The van der Waals surface area contributed by atoms with Crippen molar-refractivity contribution in [1.29, 1.82) is 0 Å². The van der Waals surface area contributed by atoms with Crippen LogP contribution in [-0.4, -0.2) is 57.6 Å². The molecule has 0 saturated carbocycles. The number of carbonyl (C=O) groups is 2. The topological polar surface area (TPSA) is 106 Å². The number of amides is 1. The van der Waals surface area contributed by atoms with Crippen molar-refractivity contribution in [2.75, 3.05) is 19.6 Å². The van der Waals surface area contributed by atoms with Crippen LogP contribution in [0.1, 0.15) is 46.2 Å². The number of nitrogens with one attached hydrogen (secondary N) is 1. The van der Waals surface area contributed by atoms with Crippen LogP contribution in [0.3, 0.4) is 0 Å². The lowest BCUT2D eigenvalue weighted by Crippen LogP contribution is -2.52. The van der Waals surface area contributed by atoms with Crippen molar-refractivity contribution in [3.63, 3.8) is 0 Å². The van der Waals surface area contributed by atoms with Gasteiger partial charge in [0.2, 0.25) is 0 Å². The molecule has 1 unspecified atom stereocenters. The van der Waals surface area contributed by atoms with Crippen molar-refractivity contribution >= 4 is 12.1 Å². The van der Waals surface area contributed by atoms with Gasteiger partial charge in [0, 0.05) is 13.6 Å². The quantitative estimate of drug-likeness (QED) is 0.497. The maximum Gasteiger partial charge on any atom is 0.408 e. The Morgan fingerprint density at radius 3 is 2.50 bits per heavy atom. The number of carboxylic acids is 1. The number of carbonyl (C=O) groups excluding carboxylic acids is 1. The summed E-state index contributed by atoms with van der Waals surface area (Å²) in [7, 11) is 1.68. The molecular weight excluding hydrogens is 460 g/mol. The molecule has 2 N–H and O–H groups in total. The number of fused-ring (bicyclic) bond motifs is 3. The van der Waals surface area contributed by atoms with Crippen LogP contribution in [0.5, 0.6) is 5.75 Å². The number of aromatic carboxylic acids is 1. The highest BCUT2D eigenvalue weighted by atomic mass is 16.6. The molecule has 2 atom stereocenters. The number of hydrogen-bond acceptors (Lipinski definition) is 6. The highest BCUT2D eigenvalue weighted by Gasteiger charge is 2.36. The number of rotatable bonds is 8. The summed E-state index contributed by atoms with van der Waals surface area (Å²) < 4.78 is 13.3. The lowest BCUT2D eigenvalue weighted by atomic mass is 9.86. The van der Waals surface area contributed by atoms with Crippen LogP contribution >= 0.6 is 0 Å². The van der Waals surface area contributed by atoms with Gasteiger partial charge in [0.1, 0.15) is 18.5 Å². The van der Waals surface area contributed by atoms with Crippen molar-refractivity contribution in [2.24, 2.45) is 13.0 Å². The Kier molecular flexibility index (Phi) is 6.90. The Balaban J connectivity index is 1.31. The summed E-state index contributed by atoms with van der Waals surface area (Å²) in [5, 5.41) is 16.2. The molecule has 0 spiro atoms. The highest BCUT2D eigenvalue weighted by Crippen LogP contribution is 2.30. The molecule has 9 heteroatoms. The molecule has 0 radical (unpaired) electrons. The third-order valence-corrected chi connectivity index (χ3v) is 7.02. The second-order valence-corrected chi connectivity index (χ2v) is 9.38. The number of aryl methyl sites for hydroxylation is 1. The van der Waals surface area contributed by atoms with Gasteiger partial charge in [-0.2, -0.15) is 5.10 Å². The molecule has 3 fully saturated rings. The van der Waals surface area contributed by atoms with Gasteiger partial charge in [0.15, 0.2) is 5.69 Å². The van der Waals surface area contributed by atoms with Gasteiger partial charge in [-0.3, -0.25) is 9.58 Å². The summed E-state index contributed by atoms with van der Waals surface area (Å²) in [6.45, 7) is 3.13. The van der Waals surface area contributed by atoms with E-state index in [0.29, 0.717) is 17.4 Å². The van der Waals surface area contributed by atoms with Crippen LogP contribution in [0.2, 0.25) is 0 Å². The number of piperidine rings is 3. The second-order valence-electron chi connectivity index (χ2n) is 9.38. The minimum absolute atomic E-state index is 0.0281. The second kappa shape index (κ2) is 10.4. The summed E-state index contributed by atoms with van der Waals surface area (Å²) in [6, 6.07) is 18.3. The monoisotopic (exact) mass is 490 g/mol. The smallest absolute Gasteiger partial charge is 0.408 e. The summed E-state index contributed by atoms with van der Waals surface area (Å²) in [5.74, 6) is -0.0545. The van der Waals surface area contributed by atoms with E-state index in [1.54, 1.807) is 7.05 Å². The molecule has 9 nitrogen and oxygen atoms in total. The van der Waals surface area contributed by atoms with Gasteiger partial charge in [-0.25, -0.2) is 9.59 Å². The van der Waals surface area contributed by atoms with Gasteiger partial charge in [-0.15, -0.1) is 0 Å². The Morgan fingerprint density at radius 1 is 1.08 bits per heavy atom. The maximum atomic E-state index is 13.0. The van der Waals surface area contributed by atoms with E-state index in [2.05, 4.69) is 15.3 Å². The van der Waals surface area contributed by atoms with E-state index in [0.717, 1.165) is 43.6 Å². The Hall–Kier alpha value is -3.85. The van der Waals surface area contributed by atoms with E-state index >= 15 is 0 Å². The average molecular weight is 491 g/mol.